The molecule has 0 aromatic carbocycles. The van der Waals surface area contributed by atoms with Crippen LogP contribution in [-0.4, -0.2) is 42.6 Å². The van der Waals surface area contributed by atoms with Crippen molar-refractivity contribution in [2.24, 2.45) is 5.73 Å². The molecule has 2 nitrogen and oxygen atoms in total. The third-order valence-corrected chi connectivity index (χ3v) is 3.40. The number of hydrogen-bond acceptors (Lipinski definition) is 3. The van der Waals surface area contributed by atoms with Crippen molar-refractivity contribution < 1.29 is 0 Å². The quantitative estimate of drug-likeness (QED) is 0.686. The highest BCUT2D eigenvalue weighted by Gasteiger charge is 2.14. The van der Waals surface area contributed by atoms with Gasteiger partial charge in [-0.15, -0.1) is 0 Å². The Hall–Kier alpha value is 0.270. The number of thioether (sulfide) groups is 1. The number of hydrogen-bond donors (Lipinski definition) is 1. The zero-order valence-electron chi connectivity index (χ0n) is 8.67. The van der Waals surface area contributed by atoms with E-state index in [1.54, 1.807) is 0 Å². The van der Waals surface area contributed by atoms with Crippen LogP contribution in [0, 0.1) is 0 Å². The first kappa shape index (κ1) is 11.3. The second-order valence-electron chi connectivity index (χ2n) is 3.88. The van der Waals surface area contributed by atoms with Gasteiger partial charge in [0.2, 0.25) is 0 Å². The van der Waals surface area contributed by atoms with Crippen LogP contribution in [0.4, 0.5) is 0 Å². The van der Waals surface area contributed by atoms with Gasteiger partial charge in [0.25, 0.3) is 0 Å². The first-order chi connectivity index (χ1) is 6.33. The van der Waals surface area contributed by atoms with Gasteiger partial charge in [0.05, 0.1) is 0 Å². The van der Waals surface area contributed by atoms with E-state index in [-0.39, 0.29) is 0 Å². The van der Waals surface area contributed by atoms with Gasteiger partial charge in [-0.3, -0.25) is 0 Å². The number of nitrogens with two attached hydrogens (primary N) is 1. The Kier molecular flexibility index (Phi) is 5.83. The maximum atomic E-state index is 5.84. The standard InChI is InChI=1S/C10H22N2S/c1-13-9-3-2-6-12-7-4-10(11)5-8-12/h10H,2-9,11H2,1H3. The van der Waals surface area contributed by atoms with E-state index in [2.05, 4.69) is 11.2 Å². The maximum Gasteiger partial charge on any atom is 0.00631 e. The van der Waals surface area contributed by atoms with E-state index >= 15 is 0 Å². The predicted octanol–water partition coefficient (Wildman–Crippen LogP) is 1.55. The van der Waals surface area contributed by atoms with Gasteiger partial charge in [-0.05, 0) is 57.3 Å². The Balaban J connectivity index is 1.96. The summed E-state index contributed by atoms with van der Waals surface area (Å²) in [6.07, 6.45) is 7.30. The fourth-order valence-electron chi connectivity index (χ4n) is 1.76. The summed E-state index contributed by atoms with van der Waals surface area (Å²) in [4.78, 5) is 2.56. The summed E-state index contributed by atoms with van der Waals surface area (Å²) in [7, 11) is 0. The molecule has 0 aromatic heterocycles. The molecule has 0 aliphatic carbocycles. The summed E-state index contributed by atoms with van der Waals surface area (Å²) in [5.74, 6) is 1.31. The molecule has 78 valence electrons. The van der Waals surface area contributed by atoms with Crippen LogP contribution in [0.25, 0.3) is 0 Å². The summed E-state index contributed by atoms with van der Waals surface area (Å²) in [5.41, 5.74) is 5.84. The number of likely N-dealkylation sites (tertiary alicyclic amines) is 1. The Labute approximate surface area is 86.2 Å². The SMILES string of the molecule is CSCCCCN1CCC(N)CC1. The van der Waals surface area contributed by atoms with Crippen LogP contribution in [0.3, 0.4) is 0 Å². The molecule has 0 atom stereocenters. The Morgan fingerprint density at radius 1 is 1.31 bits per heavy atom. The molecule has 1 saturated heterocycles. The highest BCUT2D eigenvalue weighted by molar-refractivity contribution is 7.98. The van der Waals surface area contributed by atoms with Crippen molar-refractivity contribution in [2.45, 2.75) is 31.7 Å². The smallest absolute Gasteiger partial charge is 0.00631 e. The van der Waals surface area contributed by atoms with E-state index in [1.807, 2.05) is 11.8 Å². The number of unbranched alkanes of at least 4 members (excludes halogenated alkanes) is 1. The summed E-state index contributed by atoms with van der Waals surface area (Å²) in [5, 5.41) is 0. The van der Waals surface area contributed by atoms with Gasteiger partial charge in [0.1, 0.15) is 0 Å². The van der Waals surface area contributed by atoms with Crippen LogP contribution >= 0.6 is 11.8 Å². The zero-order chi connectivity index (χ0) is 9.52. The minimum absolute atomic E-state index is 0.474. The lowest BCUT2D eigenvalue weighted by Crippen LogP contribution is -2.40. The monoisotopic (exact) mass is 202 g/mol. The molecule has 0 bridgehead atoms. The fourth-order valence-corrected chi connectivity index (χ4v) is 2.25. The molecule has 1 rings (SSSR count). The molecule has 1 heterocycles. The molecule has 1 fully saturated rings. The highest BCUT2D eigenvalue weighted by Crippen LogP contribution is 2.09. The second-order valence-corrected chi connectivity index (χ2v) is 4.86. The first-order valence-electron chi connectivity index (χ1n) is 5.30. The third-order valence-electron chi connectivity index (χ3n) is 2.71. The summed E-state index contributed by atoms with van der Waals surface area (Å²) >= 11 is 1.95. The van der Waals surface area contributed by atoms with Gasteiger partial charge in [-0.1, -0.05) is 0 Å². The van der Waals surface area contributed by atoms with Crippen molar-refractivity contribution in [3.8, 4) is 0 Å². The molecule has 1 aliphatic heterocycles. The molecule has 0 aromatic rings. The Bertz CT molecular complexity index is 122. The van der Waals surface area contributed by atoms with E-state index in [1.165, 1.54) is 51.1 Å². The summed E-state index contributed by atoms with van der Waals surface area (Å²) < 4.78 is 0. The van der Waals surface area contributed by atoms with Crippen molar-refractivity contribution in [3.05, 3.63) is 0 Å². The van der Waals surface area contributed by atoms with Gasteiger partial charge >= 0.3 is 0 Å². The van der Waals surface area contributed by atoms with Gasteiger partial charge < -0.3 is 10.6 Å². The predicted molar refractivity (Wildman–Crippen MR) is 61.3 cm³/mol. The minimum atomic E-state index is 0.474. The highest BCUT2D eigenvalue weighted by atomic mass is 32.2. The van der Waals surface area contributed by atoms with Crippen molar-refractivity contribution >= 4 is 11.8 Å². The van der Waals surface area contributed by atoms with Crippen molar-refractivity contribution in [1.82, 2.24) is 4.90 Å². The van der Waals surface area contributed by atoms with E-state index in [4.69, 9.17) is 5.73 Å². The van der Waals surface area contributed by atoms with E-state index in [9.17, 15) is 0 Å². The maximum absolute atomic E-state index is 5.84. The number of piperidine rings is 1. The van der Waals surface area contributed by atoms with Crippen LogP contribution in [0.15, 0.2) is 0 Å². The van der Waals surface area contributed by atoms with Crippen molar-refractivity contribution in [2.75, 3.05) is 31.6 Å². The Morgan fingerprint density at radius 3 is 2.62 bits per heavy atom. The molecule has 13 heavy (non-hydrogen) atoms. The molecular formula is C10H22N2S. The van der Waals surface area contributed by atoms with Crippen LogP contribution < -0.4 is 5.73 Å². The molecule has 0 unspecified atom stereocenters. The largest absolute Gasteiger partial charge is 0.328 e. The van der Waals surface area contributed by atoms with Crippen LogP contribution in [0.2, 0.25) is 0 Å². The second kappa shape index (κ2) is 6.68. The average molecular weight is 202 g/mol. The first-order valence-corrected chi connectivity index (χ1v) is 6.69. The van der Waals surface area contributed by atoms with Gasteiger partial charge in [0.15, 0.2) is 0 Å². The normalized spacial score (nSPS) is 20.8. The number of rotatable bonds is 5. The average Bonchev–Trinajstić information content (AvgIpc) is 2.15. The van der Waals surface area contributed by atoms with Crippen molar-refractivity contribution in [3.63, 3.8) is 0 Å². The number of nitrogens with zero attached hydrogens (tertiary/aromatic N) is 1. The Morgan fingerprint density at radius 2 is 2.00 bits per heavy atom. The lowest BCUT2D eigenvalue weighted by Gasteiger charge is -2.29. The molecule has 2 N–H and O–H groups in total. The molecule has 0 radical (unpaired) electrons. The van der Waals surface area contributed by atoms with Gasteiger partial charge in [0, 0.05) is 6.04 Å². The molecule has 3 heteroatoms. The zero-order valence-corrected chi connectivity index (χ0v) is 9.48. The molecule has 1 aliphatic rings. The van der Waals surface area contributed by atoms with E-state index in [0.29, 0.717) is 6.04 Å². The van der Waals surface area contributed by atoms with Crippen LogP contribution in [0.5, 0.6) is 0 Å². The van der Waals surface area contributed by atoms with Crippen LogP contribution in [0.1, 0.15) is 25.7 Å². The third kappa shape index (κ3) is 4.89. The summed E-state index contributed by atoms with van der Waals surface area (Å²) in [6.45, 7) is 3.73. The lowest BCUT2D eigenvalue weighted by molar-refractivity contribution is 0.211. The topological polar surface area (TPSA) is 29.3 Å². The van der Waals surface area contributed by atoms with Gasteiger partial charge in [-0.2, -0.15) is 11.8 Å². The summed E-state index contributed by atoms with van der Waals surface area (Å²) in [6, 6.07) is 0.474. The van der Waals surface area contributed by atoms with Crippen LogP contribution in [-0.2, 0) is 0 Å². The van der Waals surface area contributed by atoms with E-state index < -0.39 is 0 Å². The van der Waals surface area contributed by atoms with Crippen molar-refractivity contribution in [1.29, 1.82) is 0 Å². The lowest BCUT2D eigenvalue weighted by atomic mass is 10.1. The molecule has 0 saturated carbocycles. The minimum Gasteiger partial charge on any atom is -0.328 e. The molecule has 0 spiro atoms. The fraction of sp³-hybridized carbons (Fsp3) is 1.00. The molecule has 0 amide bonds. The molecular weight excluding hydrogens is 180 g/mol. The van der Waals surface area contributed by atoms with E-state index in [0.717, 1.165) is 0 Å². The van der Waals surface area contributed by atoms with Gasteiger partial charge in [-0.25, -0.2) is 0 Å².